The van der Waals surface area contributed by atoms with Gasteiger partial charge in [-0.25, -0.2) is 18.0 Å². The molecular weight excluding hydrogens is 460 g/mol. The summed E-state index contributed by atoms with van der Waals surface area (Å²) < 4.78 is 37.3. The summed E-state index contributed by atoms with van der Waals surface area (Å²) in [6, 6.07) is 10.9. The maximum atomic E-state index is 13.3. The van der Waals surface area contributed by atoms with Crippen LogP contribution in [0.4, 0.5) is 10.5 Å². The van der Waals surface area contributed by atoms with Crippen LogP contribution in [0.3, 0.4) is 0 Å². The Morgan fingerprint density at radius 2 is 1.88 bits per heavy atom. The topological polar surface area (TPSA) is 119 Å². The van der Waals surface area contributed by atoms with Gasteiger partial charge in [0.1, 0.15) is 0 Å². The van der Waals surface area contributed by atoms with Crippen LogP contribution in [0.15, 0.2) is 47.4 Å². The largest absolute Gasteiger partial charge is 0.452 e. The Morgan fingerprint density at radius 3 is 2.62 bits per heavy atom. The minimum Gasteiger partial charge on any atom is -0.452 e. The lowest BCUT2D eigenvalue weighted by Gasteiger charge is -2.30. The monoisotopic (exact) mass is 480 g/mol. The molecule has 32 heavy (non-hydrogen) atoms. The standard InChI is InChI=1S/C21H21ClN2O7S/c1-2-30-21(27)23-19(25)13-31-20(26)16-12-15(9-10-17(16)22)32(28,29)24-11-5-7-14-6-3-4-8-18(14)24/h3-4,6,8-10,12H,2,5,7,11,13H2,1H3,(H,23,25,27). The molecule has 11 heteroatoms. The second-order valence-electron chi connectivity index (χ2n) is 6.80. The highest BCUT2D eigenvalue weighted by Crippen LogP contribution is 2.32. The Labute approximate surface area is 190 Å². The summed E-state index contributed by atoms with van der Waals surface area (Å²) in [4.78, 5) is 35.2. The summed E-state index contributed by atoms with van der Waals surface area (Å²) in [6.45, 7) is 1.16. The van der Waals surface area contributed by atoms with Crippen molar-refractivity contribution in [1.29, 1.82) is 0 Å². The van der Waals surface area contributed by atoms with E-state index >= 15 is 0 Å². The molecule has 1 N–H and O–H groups in total. The first-order valence-electron chi connectivity index (χ1n) is 9.78. The van der Waals surface area contributed by atoms with Gasteiger partial charge in [0.15, 0.2) is 6.61 Å². The van der Waals surface area contributed by atoms with Gasteiger partial charge in [-0.1, -0.05) is 29.8 Å². The molecule has 9 nitrogen and oxygen atoms in total. The van der Waals surface area contributed by atoms with Crippen molar-refractivity contribution in [3.8, 4) is 0 Å². The molecule has 3 rings (SSSR count). The average Bonchev–Trinajstić information content (AvgIpc) is 2.77. The third-order valence-corrected chi connectivity index (χ3v) is 6.80. The van der Waals surface area contributed by atoms with E-state index in [1.54, 1.807) is 19.1 Å². The number of rotatable bonds is 6. The van der Waals surface area contributed by atoms with Gasteiger partial charge in [-0.15, -0.1) is 0 Å². The van der Waals surface area contributed by atoms with Crippen LogP contribution in [0.1, 0.15) is 29.3 Å². The molecule has 0 bridgehead atoms. The Bertz CT molecular complexity index is 1150. The molecule has 0 aromatic heterocycles. The number of nitrogens with one attached hydrogen (secondary N) is 1. The number of ether oxygens (including phenoxy) is 2. The summed E-state index contributed by atoms with van der Waals surface area (Å²) in [5.41, 5.74) is 1.29. The summed E-state index contributed by atoms with van der Waals surface area (Å²) in [5.74, 6) is -1.91. The van der Waals surface area contributed by atoms with E-state index in [0.29, 0.717) is 18.7 Å². The molecular formula is C21H21ClN2O7S. The third-order valence-electron chi connectivity index (χ3n) is 4.66. The minimum absolute atomic E-state index is 0.0428. The summed E-state index contributed by atoms with van der Waals surface area (Å²) in [6.07, 6.45) is 0.462. The number of para-hydroxylation sites is 1. The van der Waals surface area contributed by atoms with Crippen molar-refractivity contribution in [2.24, 2.45) is 0 Å². The quantitative estimate of drug-likeness (QED) is 0.631. The van der Waals surface area contributed by atoms with Gasteiger partial charge in [0, 0.05) is 6.54 Å². The maximum Gasteiger partial charge on any atom is 0.413 e. The molecule has 0 fully saturated rings. The zero-order valence-corrected chi connectivity index (χ0v) is 18.7. The van der Waals surface area contributed by atoms with Gasteiger partial charge in [0.05, 0.1) is 27.8 Å². The number of hydrogen-bond donors (Lipinski definition) is 1. The zero-order chi connectivity index (χ0) is 23.3. The number of aryl methyl sites for hydroxylation is 1. The molecule has 0 unspecified atom stereocenters. The second-order valence-corrected chi connectivity index (χ2v) is 9.07. The van der Waals surface area contributed by atoms with Crippen LogP contribution in [0.5, 0.6) is 0 Å². The van der Waals surface area contributed by atoms with Crippen molar-refractivity contribution in [2.75, 3.05) is 24.1 Å². The van der Waals surface area contributed by atoms with Crippen LogP contribution in [0, 0.1) is 0 Å². The molecule has 0 spiro atoms. The van der Waals surface area contributed by atoms with Gasteiger partial charge in [-0.05, 0) is 49.6 Å². The Balaban J connectivity index is 1.79. The fourth-order valence-electron chi connectivity index (χ4n) is 3.22. The highest BCUT2D eigenvalue weighted by molar-refractivity contribution is 7.92. The van der Waals surface area contributed by atoms with Gasteiger partial charge >= 0.3 is 12.1 Å². The van der Waals surface area contributed by atoms with Crippen molar-refractivity contribution in [1.82, 2.24) is 5.32 Å². The van der Waals surface area contributed by atoms with E-state index in [1.165, 1.54) is 16.4 Å². The molecule has 0 aliphatic carbocycles. The Hall–Kier alpha value is -3.11. The number of carbonyl (C=O) groups is 3. The average molecular weight is 481 g/mol. The Kier molecular flexibility index (Phi) is 7.37. The first kappa shape index (κ1) is 23.6. The predicted molar refractivity (Wildman–Crippen MR) is 116 cm³/mol. The predicted octanol–water partition coefficient (Wildman–Crippen LogP) is 2.91. The summed E-state index contributed by atoms with van der Waals surface area (Å²) in [5, 5.41) is 1.83. The highest BCUT2D eigenvalue weighted by Gasteiger charge is 2.30. The molecule has 2 aromatic rings. The van der Waals surface area contributed by atoms with Crippen LogP contribution in [0.2, 0.25) is 5.02 Å². The number of carbonyl (C=O) groups excluding carboxylic acids is 3. The van der Waals surface area contributed by atoms with E-state index in [4.69, 9.17) is 16.3 Å². The SMILES string of the molecule is CCOC(=O)NC(=O)COC(=O)c1cc(S(=O)(=O)N2CCCc3ccccc32)ccc1Cl. The van der Waals surface area contributed by atoms with E-state index in [2.05, 4.69) is 4.74 Å². The fraction of sp³-hybridized carbons (Fsp3) is 0.286. The first-order valence-corrected chi connectivity index (χ1v) is 11.6. The van der Waals surface area contributed by atoms with Crippen molar-refractivity contribution in [2.45, 2.75) is 24.7 Å². The minimum atomic E-state index is -3.98. The number of sulfonamides is 1. The maximum absolute atomic E-state index is 13.3. The molecule has 2 aromatic carbocycles. The number of alkyl carbamates (subject to hydrolysis) is 1. The van der Waals surface area contributed by atoms with Crippen molar-refractivity contribution in [3.63, 3.8) is 0 Å². The summed E-state index contributed by atoms with van der Waals surface area (Å²) >= 11 is 6.06. The highest BCUT2D eigenvalue weighted by atomic mass is 35.5. The van der Waals surface area contributed by atoms with Crippen molar-refractivity contribution >= 4 is 45.3 Å². The lowest BCUT2D eigenvalue weighted by molar-refractivity contribution is -0.123. The van der Waals surface area contributed by atoms with E-state index in [-0.39, 0.29) is 22.1 Å². The van der Waals surface area contributed by atoms with Crippen LogP contribution in [-0.2, 0) is 30.7 Å². The second kappa shape index (κ2) is 10.0. The fourth-order valence-corrected chi connectivity index (χ4v) is 4.99. The van der Waals surface area contributed by atoms with Gasteiger partial charge < -0.3 is 9.47 Å². The van der Waals surface area contributed by atoms with E-state index < -0.39 is 34.6 Å². The number of fused-ring (bicyclic) bond motifs is 1. The molecule has 0 saturated heterocycles. The molecule has 170 valence electrons. The lowest BCUT2D eigenvalue weighted by atomic mass is 10.0. The Morgan fingerprint density at radius 1 is 1.12 bits per heavy atom. The number of anilines is 1. The van der Waals surface area contributed by atoms with Crippen molar-refractivity contribution < 1.29 is 32.3 Å². The number of nitrogens with zero attached hydrogens (tertiary/aromatic N) is 1. The van der Waals surface area contributed by atoms with Gasteiger partial charge in [-0.2, -0.15) is 0 Å². The molecule has 0 saturated carbocycles. The molecule has 1 aliphatic rings. The normalized spacial score (nSPS) is 13.1. The third kappa shape index (κ3) is 5.20. The number of amides is 2. The summed E-state index contributed by atoms with van der Waals surface area (Å²) in [7, 11) is -3.98. The van der Waals surface area contributed by atoms with Gasteiger partial charge in [0.2, 0.25) is 0 Å². The van der Waals surface area contributed by atoms with Crippen LogP contribution >= 0.6 is 11.6 Å². The lowest BCUT2D eigenvalue weighted by Crippen LogP contribution is -2.35. The number of benzene rings is 2. The number of hydrogen-bond acceptors (Lipinski definition) is 7. The number of esters is 1. The zero-order valence-electron chi connectivity index (χ0n) is 17.2. The van der Waals surface area contributed by atoms with E-state index in [1.807, 2.05) is 17.4 Å². The van der Waals surface area contributed by atoms with E-state index in [0.717, 1.165) is 18.1 Å². The number of imide groups is 1. The molecule has 1 aliphatic heterocycles. The van der Waals surface area contributed by atoms with Crippen LogP contribution in [-0.4, -0.2) is 46.1 Å². The van der Waals surface area contributed by atoms with Gasteiger partial charge in [0.25, 0.3) is 15.9 Å². The molecule has 1 heterocycles. The van der Waals surface area contributed by atoms with Crippen LogP contribution < -0.4 is 9.62 Å². The number of halogens is 1. The smallest absolute Gasteiger partial charge is 0.413 e. The first-order chi connectivity index (χ1) is 15.2. The van der Waals surface area contributed by atoms with E-state index in [9.17, 15) is 22.8 Å². The van der Waals surface area contributed by atoms with Gasteiger partial charge in [-0.3, -0.25) is 14.4 Å². The van der Waals surface area contributed by atoms with Crippen molar-refractivity contribution in [3.05, 3.63) is 58.6 Å². The van der Waals surface area contributed by atoms with Crippen LogP contribution in [0.25, 0.3) is 0 Å². The molecule has 0 atom stereocenters. The molecule has 0 radical (unpaired) electrons. The molecule has 2 amide bonds.